The van der Waals surface area contributed by atoms with Gasteiger partial charge in [0.1, 0.15) is 24.7 Å². The molecule has 4 aromatic carbocycles. The fourth-order valence-electron chi connectivity index (χ4n) is 3.05. The SMILES string of the molecule is ClCCOCCOc1ccc2ccccc2c1.OCCOc1ccc2ccccc2c1. The highest BCUT2D eigenvalue weighted by atomic mass is 35.5. The molecular weight excluding hydrogens is 412 g/mol. The fraction of sp³-hybridized carbons (Fsp3) is 0.231. The molecular formula is C26H27ClO4. The standard InChI is InChI=1S/C14H15ClO2.C12H12O2/c15-7-8-16-9-10-17-14-6-5-12-3-1-2-4-13(12)11-14;13-7-8-14-12-6-5-10-3-1-2-4-11(10)9-12/h1-6,11H,7-10H2;1-6,9,13H,7-8H2. The summed E-state index contributed by atoms with van der Waals surface area (Å²) in [5, 5.41) is 13.4. The summed E-state index contributed by atoms with van der Waals surface area (Å²) in [6.07, 6.45) is 0. The number of aliphatic hydroxyl groups excluding tert-OH is 1. The number of rotatable bonds is 9. The van der Waals surface area contributed by atoms with Gasteiger partial charge in [0.2, 0.25) is 0 Å². The van der Waals surface area contributed by atoms with E-state index in [4.69, 9.17) is 30.9 Å². The number of alkyl halides is 1. The fourth-order valence-corrected chi connectivity index (χ4v) is 3.16. The number of benzene rings is 4. The van der Waals surface area contributed by atoms with Crippen molar-refractivity contribution >= 4 is 33.1 Å². The van der Waals surface area contributed by atoms with Crippen LogP contribution in [0.1, 0.15) is 0 Å². The molecule has 4 nitrogen and oxygen atoms in total. The summed E-state index contributed by atoms with van der Waals surface area (Å²) >= 11 is 5.50. The summed E-state index contributed by atoms with van der Waals surface area (Å²) in [6, 6.07) is 28.3. The number of ether oxygens (including phenoxy) is 3. The Balaban J connectivity index is 0.000000179. The van der Waals surface area contributed by atoms with E-state index >= 15 is 0 Å². The first kappa shape index (κ1) is 22.9. The monoisotopic (exact) mass is 438 g/mol. The summed E-state index contributed by atoms with van der Waals surface area (Å²) in [7, 11) is 0. The molecule has 31 heavy (non-hydrogen) atoms. The molecule has 162 valence electrons. The van der Waals surface area contributed by atoms with Gasteiger partial charge in [-0.15, -0.1) is 11.6 Å². The molecule has 4 rings (SSSR count). The Bertz CT molecular complexity index is 1070. The van der Waals surface area contributed by atoms with Crippen LogP contribution in [0.5, 0.6) is 11.5 Å². The summed E-state index contributed by atoms with van der Waals surface area (Å²) in [4.78, 5) is 0. The van der Waals surface area contributed by atoms with Crippen LogP contribution in [0.2, 0.25) is 0 Å². The average molecular weight is 439 g/mol. The summed E-state index contributed by atoms with van der Waals surface area (Å²) in [6.45, 7) is 2.09. The first-order valence-electron chi connectivity index (χ1n) is 10.3. The second-order valence-corrected chi connectivity index (χ2v) is 7.12. The molecule has 0 aromatic heterocycles. The maximum absolute atomic E-state index is 8.62. The van der Waals surface area contributed by atoms with Crippen molar-refractivity contribution in [2.75, 3.05) is 38.9 Å². The molecule has 0 saturated heterocycles. The lowest BCUT2D eigenvalue weighted by molar-refractivity contribution is 0.111. The van der Waals surface area contributed by atoms with Crippen molar-refractivity contribution in [3.05, 3.63) is 84.9 Å². The summed E-state index contributed by atoms with van der Waals surface area (Å²) in [5.74, 6) is 2.20. The highest BCUT2D eigenvalue weighted by Crippen LogP contribution is 2.21. The van der Waals surface area contributed by atoms with E-state index in [0.717, 1.165) is 16.9 Å². The van der Waals surface area contributed by atoms with E-state index in [-0.39, 0.29) is 6.61 Å². The summed E-state index contributed by atoms with van der Waals surface area (Å²) in [5.41, 5.74) is 0. The minimum Gasteiger partial charge on any atom is -0.491 e. The van der Waals surface area contributed by atoms with Gasteiger partial charge in [0, 0.05) is 5.88 Å². The second-order valence-electron chi connectivity index (χ2n) is 6.74. The lowest BCUT2D eigenvalue weighted by Crippen LogP contribution is -2.07. The van der Waals surface area contributed by atoms with Crippen molar-refractivity contribution in [3.63, 3.8) is 0 Å². The zero-order chi connectivity index (χ0) is 21.7. The quantitative estimate of drug-likeness (QED) is 0.269. The van der Waals surface area contributed by atoms with Crippen molar-refractivity contribution in [2.45, 2.75) is 0 Å². The van der Waals surface area contributed by atoms with Crippen molar-refractivity contribution in [1.29, 1.82) is 0 Å². The minimum absolute atomic E-state index is 0.0484. The molecule has 0 spiro atoms. The Morgan fingerprint density at radius 2 is 1.10 bits per heavy atom. The largest absolute Gasteiger partial charge is 0.491 e. The lowest BCUT2D eigenvalue weighted by atomic mass is 10.1. The molecule has 0 atom stereocenters. The molecule has 0 amide bonds. The van der Waals surface area contributed by atoms with Crippen LogP contribution in [-0.2, 0) is 4.74 Å². The van der Waals surface area contributed by atoms with Gasteiger partial charge in [-0.3, -0.25) is 0 Å². The van der Waals surface area contributed by atoms with E-state index in [1.807, 2.05) is 60.7 Å². The topological polar surface area (TPSA) is 47.9 Å². The molecule has 0 aliphatic heterocycles. The van der Waals surface area contributed by atoms with E-state index in [1.165, 1.54) is 16.2 Å². The normalized spacial score (nSPS) is 10.5. The van der Waals surface area contributed by atoms with Crippen molar-refractivity contribution in [1.82, 2.24) is 0 Å². The first-order chi connectivity index (χ1) is 15.3. The predicted octanol–water partition coefficient (Wildman–Crippen LogP) is 5.68. The van der Waals surface area contributed by atoms with E-state index in [9.17, 15) is 0 Å². The Kier molecular flexibility index (Phi) is 9.45. The molecule has 0 saturated carbocycles. The molecule has 0 aliphatic rings. The van der Waals surface area contributed by atoms with Crippen molar-refractivity contribution in [3.8, 4) is 11.5 Å². The van der Waals surface area contributed by atoms with E-state index in [2.05, 4.69) is 24.3 Å². The third-order valence-electron chi connectivity index (χ3n) is 4.52. The third-order valence-corrected chi connectivity index (χ3v) is 4.67. The number of halogens is 1. The third kappa shape index (κ3) is 7.44. The van der Waals surface area contributed by atoms with Gasteiger partial charge in [-0.1, -0.05) is 60.7 Å². The number of fused-ring (bicyclic) bond motifs is 2. The molecule has 0 unspecified atom stereocenters. The molecule has 4 aromatic rings. The van der Waals surface area contributed by atoms with Crippen LogP contribution in [0.15, 0.2) is 84.9 Å². The minimum atomic E-state index is 0.0484. The predicted molar refractivity (Wildman–Crippen MR) is 128 cm³/mol. The number of hydrogen-bond donors (Lipinski definition) is 1. The lowest BCUT2D eigenvalue weighted by Gasteiger charge is -2.07. The van der Waals surface area contributed by atoms with Crippen LogP contribution in [0, 0.1) is 0 Å². The molecule has 0 radical (unpaired) electrons. The molecule has 0 fully saturated rings. The Hall–Kier alpha value is -2.79. The molecule has 1 N–H and O–H groups in total. The van der Waals surface area contributed by atoms with Gasteiger partial charge < -0.3 is 19.3 Å². The molecule has 0 bridgehead atoms. The van der Waals surface area contributed by atoms with Gasteiger partial charge in [0.15, 0.2) is 0 Å². The first-order valence-corrected chi connectivity index (χ1v) is 10.8. The summed E-state index contributed by atoms with van der Waals surface area (Å²) < 4.78 is 16.1. The van der Waals surface area contributed by atoms with E-state index < -0.39 is 0 Å². The highest BCUT2D eigenvalue weighted by molar-refractivity contribution is 6.17. The van der Waals surface area contributed by atoms with E-state index in [1.54, 1.807) is 0 Å². The van der Waals surface area contributed by atoms with Gasteiger partial charge in [-0.2, -0.15) is 0 Å². The Labute approximate surface area is 187 Å². The van der Waals surface area contributed by atoms with Crippen LogP contribution in [0.25, 0.3) is 21.5 Å². The van der Waals surface area contributed by atoms with Gasteiger partial charge in [0.05, 0.1) is 19.8 Å². The zero-order valence-corrected chi connectivity index (χ0v) is 18.1. The maximum atomic E-state index is 8.62. The van der Waals surface area contributed by atoms with Gasteiger partial charge in [-0.25, -0.2) is 0 Å². The molecule has 5 heteroatoms. The van der Waals surface area contributed by atoms with Crippen LogP contribution in [0.4, 0.5) is 0 Å². The van der Waals surface area contributed by atoms with E-state index in [0.29, 0.717) is 32.3 Å². The molecule has 0 aliphatic carbocycles. The second kappa shape index (κ2) is 12.8. The Morgan fingerprint density at radius 3 is 1.61 bits per heavy atom. The van der Waals surface area contributed by atoms with Crippen LogP contribution in [-0.4, -0.2) is 44.0 Å². The van der Waals surface area contributed by atoms with Gasteiger partial charge >= 0.3 is 0 Å². The Morgan fingerprint density at radius 1 is 0.581 bits per heavy atom. The van der Waals surface area contributed by atoms with Crippen LogP contribution < -0.4 is 9.47 Å². The van der Waals surface area contributed by atoms with Crippen molar-refractivity contribution in [2.24, 2.45) is 0 Å². The maximum Gasteiger partial charge on any atom is 0.120 e. The average Bonchev–Trinajstić information content (AvgIpc) is 2.83. The smallest absolute Gasteiger partial charge is 0.120 e. The zero-order valence-electron chi connectivity index (χ0n) is 17.4. The van der Waals surface area contributed by atoms with Crippen LogP contribution >= 0.6 is 11.6 Å². The van der Waals surface area contributed by atoms with Gasteiger partial charge in [-0.05, 0) is 45.8 Å². The number of aliphatic hydroxyl groups is 1. The van der Waals surface area contributed by atoms with Gasteiger partial charge in [0.25, 0.3) is 0 Å². The van der Waals surface area contributed by atoms with Crippen LogP contribution in [0.3, 0.4) is 0 Å². The molecule has 0 heterocycles. The van der Waals surface area contributed by atoms with Crippen molar-refractivity contribution < 1.29 is 19.3 Å². The number of hydrogen-bond acceptors (Lipinski definition) is 4. The highest BCUT2D eigenvalue weighted by Gasteiger charge is 1.97.